The molecule has 0 fully saturated rings. The van der Waals surface area contributed by atoms with Gasteiger partial charge in [0.05, 0.1) is 10.4 Å². The molecule has 0 radical (unpaired) electrons. The molecule has 1 amide bonds. The summed E-state index contributed by atoms with van der Waals surface area (Å²) in [5.41, 5.74) is 5.23. The van der Waals surface area contributed by atoms with Crippen molar-refractivity contribution < 1.29 is 9.72 Å². The monoisotopic (exact) mass is 517 g/mol. The molecule has 1 aromatic heterocycles. The maximum Gasteiger partial charge on any atom is 0.271 e. The van der Waals surface area contributed by atoms with Gasteiger partial charge in [0, 0.05) is 57.7 Å². The summed E-state index contributed by atoms with van der Waals surface area (Å²) in [6, 6.07) is 21.1. The van der Waals surface area contributed by atoms with Crippen molar-refractivity contribution in [2.75, 3.05) is 16.0 Å². The second kappa shape index (κ2) is 11.9. The van der Waals surface area contributed by atoms with Crippen LogP contribution in [0.5, 0.6) is 0 Å². The third kappa shape index (κ3) is 6.56. The number of carbonyl (C=O) groups excluding carboxylic acids is 1. The fourth-order valence-corrected chi connectivity index (χ4v) is 4.20. The summed E-state index contributed by atoms with van der Waals surface area (Å²) in [5.74, 6) is -0.200. The molecule has 39 heavy (non-hydrogen) atoms. The van der Waals surface area contributed by atoms with Crippen LogP contribution >= 0.6 is 0 Å². The molecule has 0 aliphatic heterocycles. The molecule has 8 heteroatoms. The molecule has 1 aliphatic carbocycles. The first kappa shape index (κ1) is 25.4. The van der Waals surface area contributed by atoms with Crippen LogP contribution in [0.2, 0.25) is 0 Å². The van der Waals surface area contributed by atoms with Gasteiger partial charge in [-0.1, -0.05) is 18.2 Å². The van der Waals surface area contributed by atoms with Gasteiger partial charge in [0.2, 0.25) is 0 Å². The highest BCUT2D eigenvalue weighted by Crippen LogP contribution is 2.28. The van der Waals surface area contributed by atoms with Crippen LogP contribution in [-0.4, -0.2) is 15.8 Å². The average Bonchev–Trinajstić information content (AvgIpc) is 3.08. The maximum absolute atomic E-state index is 12.8. The molecular formula is C31H27N5O3. The molecule has 4 aromatic rings. The molecule has 3 N–H and O–H groups in total. The predicted octanol–water partition coefficient (Wildman–Crippen LogP) is 7.73. The lowest BCUT2D eigenvalue weighted by Crippen LogP contribution is -2.11. The van der Waals surface area contributed by atoms with E-state index in [1.807, 2.05) is 48.5 Å². The summed E-state index contributed by atoms with van der Waals surface area (Å²) in [4.78, 5) is 27.7. The van der Waals surface area contributed by atoms with Crippen LogP contribution < -0.4 is 16.0 Å². The fourth-order valence-electron chi connectivity index (χ4n) is 4.20. The van der Waals surface area contributed by atoms with Crippen LogP contribution in [0.25, 0.3) is 10.9 Å². The van der Waals surface area contributed by atoms with E-state index in [0.29, 0.717) is 16.8 Å². The number of rotatable bonds is 7. The number of amides is 1. The van der Waals surface area contributed by atoms with Gasteiger partial charge >= 0.3 is 0 Å². The smallest absolute Gasteiger partial charge is 0.271 e. The topological polar surface area (TPSA) is 109 Å². The van der Waals surface area contributed by atoms with Crippen LogP contribution in [0.15, 0.2) is 115 Å². The molecule has 3 aromatic carbocycles. The molecule has 1 aliphatic rings. The van der Waals surface area contributed by atoms with Crippen LogP contribution in [0.3, 0.4) is 0 Å². The van der Waals surface area contributed by atoms with Crippen molar-refractivity contribution >= 4 is 45.2 Å². The maximum atomic E-state index is 12.8. The van der Waals surface area contributed by atoms with E-state index in [1.54, 1.807) is 24.4 Å². The zero-order valence-electron chi connectivity index (χ0n) is 21.1. The zero-order chi connectivity index (χ0) is 27.0. The number of benzene rings is 3. The van der Waals surface area contributed by atoms with Gasteiger partial charge in [-0.05, 0) is 92.1 Å². The highest BCUT2D eigenvalue weighted by Gasteiger charge is 2.10. The molecule has 1 heterocycles. The lowest BCUT2D eigenvalue weighted by Gasteiger charge is -2.11. The number of nitro benzene ring substituents is 1. The Hall–Kier alpha value is -5.24. The average molecular weight is 518 g/mol. The van der Waals surface area contributed by atoms with Crippen molar-refractivity contribution in [1.29, 1.82) is 0 Å². The first-order valence-corrected chi connectivity index (χ1v) is 12.7. The van der Waals surface area contributed by atoms with E-state index in [-0.39, 0.29) is 11.6 Å². The first-order valence-electron chi connectivity index (χ1n) is 12.7. The largest absolute Gasteiger partial charge is 0.356 e. The Morgan fingerprint density at radius 2 is 1.56 bits per heavy atom. The SMILES string of the molecule is O=C(Nc1ccc(Nc2ccnc3cc([N+](=O)[O-])ccc23)cc1)c1ccc(N/C2=C/C=C\CCCC=C2)cc1. The molecule has 0 bridgehead atoms. The Balaban J connectivity index is 1.21. The van der Waals surface area contributed by atoms with E-state index in [2.05, 4.69) is 45.2 Å². The quantitative estimate of drug-likeness (QED) is 0.171. The van der Waals surface area contributed by atoms with Crippen molar-refractivity contribution in [2.24, 2.45) is 0 Å². The molecule has 0 saturated carbocycles. The standard InChI is InChI=1S/C31H27N5O3/c37-31(22-9-11-24(12-10-22)33-23-7-5-3-1-2-4-6-8-23)35-26-15-13-25(14-16-26)34-29-19-20-32-30-21-27(36(38)39)17-18-28(29)30/h3,5-21,33H,1-2,4H2,(H,32,34)(H,35,37)/b5-3-,8-6?,23-7+. The molecule has 0 unspecified atom stereocenters. The van der Waals surface area contributed by atoms with Crippen LogP contribution in [0, 0.1) is 10.1 Å². The number of pyridine rings is 1. The van der Waals surface area contributed by atoms with Gasteiger partial charge in [0.15, 0.2) is 0 Å². The molecule has 0 spiro atoms. The van der Waals surface area contributed by atoms with Gasteiger partial charge in [-0.2, -0.15) is 0 Å². The number of non-ortho nitro benzene ring substituents is 1. The summed E-state index contributed by atoms with van der Waals surface area (Å²) >= 11 is 0. The van der Waals surface area contributed by atoms with Crippen LogP contribution in [0.4, 0.5) is 28.4 Å². The van der Waals surface area contributed by atoms with E-state index >= 15 is 0 Å². The van der Waals surface area contributed by atoms with E-state index in [1.165, 1.54) is 12.1 Å². The van der Waals surface area contributed by atoms with E-state index < -0.39 is 4.92 Å². The van der Waals surface area contributed by atoms with Gasteiger partial charge in [0.1, 0.15) is 0 Å². The van der Waals surface area contributed by atoms with Crippen LogP contribution in [-0.2, 0) is 0 Å². The minimum atomic E-state index is -0.437. The molecule has 194 valence electrons. The normalized spacial score (nSPS) is 15.2. The van der Waals surface area contributed by atoms with E-state index in [4.69, 9.17) is 0 Å². The number of hydrogen-bond donors (Lipinski definition) is 3. The predicted molar refractivity (Wildman–Crippen MR) is 156 cm³/mol. The first-order chi connectivity index (χ1) is 19.0. The number of carbonyl (C=O) groups is 1. The second-order valence-corrected chi connectivity index (χ2v) is 9.06. The summed E-state index contributed by atoms with van der Waals surface area (Å²) in [5, 5.41) is 21.5. The van der Waals surface area contributed by atoms with Crippen molar-refractivity contribution in [3.8, 4) is 0 Å². The lowest BCUT2D eigenvalue weighted by atomic mass is 10.1. The highest BCUT2D eigenvalue weighted by atomic mass is 16.6. The Morgan fingerprint density at radius 1 is 0.846 bits per heavy atom. The highest BCUT2D eigenvalue weighted by molar-refractivity contribution is 6.04. The zero-order valence-corrected chi connectivity index (χ0v) is 21.1. The lowest BCUT2D eigenvalue weighted by molar-refractivity contribution is -0.384. The van der Waals surface area contributed by atoms with Crippen molar-refractivity contribution in [1.82, 2.24) is 4.98 Å². The fraction of sp³-hybridized carbons (Fsp3) is 0.0968. The van der Waals surface area contributed by atoms with Gasteiger partial charge in [0.25, 0.3) is 11.6 Å². The number of aromatic nitrogens is 1. The minimum Gasteiger partial charge on any atom is -0.356 e. The molecule has 0 saturated heterocycles. The van der Waals surface area contributed by atoms with Crippen molar-refractivity contribution in [2.45, 2.75) is 19.3 Å². The van der Waals surface area contributed by atoms with E-state index in [0.717, 1.165) is 47.4 Å². The Bertz CT molecular complexity index is 1590. The Morgan fingerprint density at radius 3 is 2.36 bits per heavy atom. The third-order valence-electron chi connectivity index (χ3n) is 6.25. The van der Waals surface area contributed by atoms with Crippen LogP contribution in [0.1, 0.15) is 29.6 Å². The number of hydrogen-bond acceptors (Lipinski definition) is 6. The molecule has 8 nitrogen and oxygen atoms in total. The van der Waals surface area contributed by atoms with Gasteiger partial charge in [-0.25, -0.2) is 0 Å². The number of anilines is 4. The van der Waals surface area contributed by atoms with Gasteiger partial charge in [-0.3, -0.25) is 19.9 Å². The number of allylic oxidation sites excluding steroid dienone is 5. The summed E-state index contributed by atoms with van der Waals surface area (Å²) < 4.78 is 0. The van der Waals surface area contributed by atoms with Gasteiger partial charge < -0.3 is 16.0 Å². The molecular weight excluding hydrogens is 490 g/mol. The number of fused-ring (bicyclic) bond motifs is 1. The summed E-state index contributed by atoms with van der Waals surface area (Å²) in [6.07, 6.45) is 15.4. The Labute approximate surface area is 225 Å². The number of nitrogens with zero attached hydrogens (tertiary/aromatic N) is 2. The van der Waals surface area contributed by atoms with Gasteiger partial charge in [-0.15, -0.1) is 0 Å². The second-order valence-electron chi connectivity index (χ2n) is 9.06. The minimum absolute atomic E-state index is 0.00417. The molecule has 0 atom stereocenters. The van der Waals surface area contributed by atoms with Crippen molar-refractivity contribution in [3.63, 3.8) is 0 Å². The van der Waals surface area contributed by atoms with E-state index in [9.17, 15) is 14.9 Å². The number of nitrogens with one attached hydrogen (secondary N) is 3. The number of nitro groups is 1. The summed E-state index contributed by atoms with van der Waals surface area (Å²) in [7, 11) is 0. The summed E-state index contributed by atoms with van der Waals surface area (Å²) in [6.45, 7) is 0. The Kier molecular flexibility index (Phi) is 7.73. The molecule has 5 rings (SSSR count). The van der Waals surface area contributed by atoms with Crippen molar-refractivity contribution in [3.05, 3.63) is 131 Å². The third-order valence-corrected chi connectivity index (χ3v) is 6.25.